The molecular weight excluding hydrogens is 484 g/mol. The van der Waals surface area contributed by atoms with Gasteiger partial charge in [0.1, 0.15) is 17.9 Å². The lowest BCUT2D eigenvalue weighted by Crippen LogP contribution is -2.29. The van der Waals surface area contributed by atoms with Gasteiger partial charge >= 0.3 is 0 Å². The minimum absolute atomic E-state index is 0.0706. The zero-order chi connectivity index (χ0) is 25.7. The van der Waals surface area contributed by atoms with Gasteiger partial charge in [0.15, 0.2) is 10.6 Å². The Balaban J connectivity index is 1.45. The predicted molar refractivity (Wildman–Crippen MR) is 145 cm³/mol. The van der Waals surface area contributed by atoms with Gasteiger partial charge in [-0.15, -0.1) is 11.3 Å². The van der Waals surface area contributed by atoms with Gasteiger partial charge in [0.05, 0.1) is 22.7 Å². The first kappa shape index (κ1) is 23.2. The first-order chi connectivity index (χ1) is 17.9. The Morgan fingerprint density at radius 1 is 0.973 bits per heavy atom. The minimum atomic E-state index is -0.656. The van der Waals surface area contributed by atoms with Gasteiger partial charge in [-0.2, -0.15) is 0 Å². The number of thiazole rings is 1. The van der Waals surface area contributed by atoms with Crippen molar-refractivity contribution in [3.63, 3.8) is 0 Å². The number of anilines is 1. The molecule has 1 aliphatic heterocycles. The van der Waals surface area contributed by atoms with E-state index in [9.17, 15) is 9.59 Å². The number of benzene rings is 3. The Labute approximate surface area is 217 Å². The number of rotatable bonds is 5. The molecule has 0 N–H and O–H groups in total. The maximum Gasteiger partial charge on any atom is 0.297 e. The molecule has 3 heterocycles. The molecule has 0 spiro atoms. The second-order valence-corrected chi connectivity index (χ2v) is 10.4. The van der Waals surface area contributed by atoms with Crippen molar-refractivity contribution in [1.29, 1.82) is 0 Å². The second kappa shape index (κ2) is 9.01. The van der Waals surface area contributed by atoms with Gasteiger partial charge in [0, 0.05) is 4.88 Å². The molecule has 37 heavy (non-hydrogen) atoms. The van der Waals surface area contributed by atoms with E-state index in [1.165, 1.54) is 11.3 Å². The Morgan fingerprint density at radius 3 is 2.43 bits per heavy atom. The number of nitrogens with zero attached hydrogens (tertiary/aromatic N) is 2. The molecule has 1 amide bonds. The first-order valence-corrected chi connectivity index (χ1v) is 12.8. The van der Waals surface area contributed by atoms with E-state index in [-0.39, 0.29) is 17.1 Å². The lowest BCUT2D eigenvalue weighted by molar-refractivity contribution is 0.0971. The zero-order valence-corrected chi connectivity index (χ0v) is 21.5. The van der Waals surface area contributed by atoms with Crippen LogP contribution >= 0.6 is 11.3 Å². The molecule has 0 bridgehead atoms. The van der Waals surface area contributed by atoms with E-state index in [2.05, 4.69) is 4.98 Å². The smallest absolute Gasteiger partial charge is 0.297 e. The van der Waals surface area contributed by atoms with E-state index in [0.29, 0.717) is 34.0 Å². The average Bonchev–Trinajstić information content (AvgIpc) is 3.39. The maximum atomic E-state index is 13.8. The molecule has 0 saturated carbocycles. The van der Waals surface area contributed by atoms with Crippen LogP contribution in [0.2, 0.25) is 0 Å². The van der Waals surface area contributed by atoms with Gasteiger partial charge < -0.3 is 9.15 Å². The fourth-order valence-corrected chi connectivity index (χ4v) is 5.58. The normalized spacial score (nSPS) is 14.8. The van der Waals surface area contributed by atoms with E-state index in [1.807, 2.05) is 87.5 Å². The molecule has 6 rings (SSSR count). The predicted octanol–water partition coefficient (Wildman–Crippen LogP) is 6.50. The van der Waals surface area contributed by atoms with E-state index < -0.39 is 6.04 Å². The summed E-state index contributed by atoms with van der Waals surface area (Å²) in [5.74, 6) is 0.407. The van der Waals surface area contributed by atoms with Crippen molar-refractivity contribution in [3.05, 3.63) is 122 Å². The van der Waals surface area contributed by atoms with Gasteiger partial charge in [-0.1, -0.05) is 54.1 Å². The van der Waals surface area contributed by atoms with Crippen molar-refractivity contribution in [2.75, 3.05) is 4.90 Å². The van der Waals surface area contributed by atoms with Crippen LogP contribution in [-0.4, -0.2) is 10.9 Å². The number of carbonyl (C=O) groups excluding carboxylic acids is 1. The monoisotopic (exact) mass is 508 g/mol. The summed E-state index contributed by atoms with van der Waals surface area (Å²) >= 11 is 1.43. The summed E-state index contributed by atoms with van der Waals surface area (Å²) in [5, 5.41) is 1.01. The molecule has 2 aromatic heterocycles. The summed E-state index contributed by atoms with van der Waals surface area (Å²) in [7, 11) is 0. The number of amides is 1. The van der Waals surface area contributed by atoms with Crippen molar-refractivity contribution in [2.45, 2.75) is 33.4 Å². The SMILES string of the molecule is Cc1ccc2oc3c(c(=O)c2c1)C(c1ccc(OCc2ccccc2)cc1)N(c1nc(C)c(C)s1)C3=O. The Hall–Kier alpha value is -4.23. The zero-order valence-electron chi connectivity index (χ0n) is 20.6. The number of aryl methyl sites for hydroxylation is 3. The molecule has 1 atom stereocenters. The third-order valence-electron chi connectivity index (χ3n) is 6.69. The van der Waals surface area contributed by atoms with Gasteiger partial charge in [0.25, 0.3) is 5.91 Å². The molecular formula is C30H24N2O4S. The Kier molecular flexibility index (Phi) is 5.65. The maximum absolute atomic E-state index is 13.8. The second-order valence-electron chi connectivity index (χ2n) is 9.23. The fraction of sp³-hybridized carbons (Fsp3) is 0.167. The van der Waals surface area contributed by atoms with E-state index >= 15 is 0 Å². The molecule has 1 aliphatic rings. The Bertz CT molecular complexity index is 1680. The lowest BCUT2D eigenvalue weighted by Gasteiger charge is -2.22. The van der Waals surface area contributed by atoms with Crippen molar-refractivity contribution < 1.29 is 13.9 Å². The molecule has 0 saturated heterocycles. The molecule has 0 radical (unpaired) electrons. The standard InChI is InChI=1S/C30H24N2O4S/c1-17-9-14-24-23(15-17)27(33)25-26(32(29(34)28(25)36-24)30-31-18(2)19(3)37-30)21-10-12-22(13-11-21)35-16-20-7-5-4-6-8-20/h4-15,26H,16H2,1-3H3. The number of aromatic nitrogens is 1. The van der Waals surface area contributed by atoms with Crippen molar-refractivity contribution >= 4 is 33.3 Å². The van der Waals surface area contributed by atoms with Gasteiger partial charge in [-0.3, -0.25) is 14.5 Å². The molecule has 0 aliphatic carbocycles. The Morgan fingerprint density at radius 2 is 1.73 bits per heavy atom. The largest absolute Gasteiger partial charge is 0.489 e. The van der Waals surface area contributed by atoms with Gasteiger partial charge in [-0.25, -0.2) is 4.98 Å². The number of hydrogen-bond acceptors (Lipinski definition) is 6. The lowest BCUT2D eigenvalue weighted by atomic mass is 9.98. The summed E-state index contributed by atoms with van der Waals surface area (Å²) in [4.78, 5) is 34.8. The molecule has 5 aromatic rings. The highest BCUT2D eigenvalue weighted by Crippen LogP contribution is 2.43. The summed E-state index contributed by atoms with van der Waals surface area (Å²) in [6, 6.07) is 22.2. The summed E-state index contributed by atoms with van der Waals surface area (Å²) < 4.78 is 12.0. The van der Waals surface area contributed by atoms with Gasteiger partial charge in [0.2, 0.25) is 5.76 Å². The third kappa shape index (κ3) is 4.01. The van der Waals surface area contributed by atoms with Crippen LogP contribution in [0.25, 0.3) is 11.0 Å². The number of ether oxygens (including phenoxy) is 1. The highest BCUT2D eigenvalue weighted by Gasteiger charge is 2.45. The van der Waals surface area contributed by atoms with Crippen LogP contribution in [0.5, 0.6) is 5.75 Å². The molecule has 1 unspecified atom stereocenters. The molecule has 3 aromatic carbocycles. The number of carbonyl (C=O) groups is 1. The van der Waals surface area contributed by atoms with Crippen molar-refractivity contribution in [2.24, 2.45) is 0 Å². The summed E-state index contributed by atoms with van der Waals surface area (Å²) in [6.07, 6.45) is 0. The highest BCUT2D eigenvalue weighted by atomic mass is 32.1. The highest BCUT2D eigenvalue weighted by molar-refractivity contribution is 7.15. The van der Waals surface area contributed by atoms with Crippen LogP contribution in [0, 0.1) is 20.8 Å². The topological polar surface area (TPSA) is 72.6 Å². The molecule has 0 fully saturated rings. The van der Waals surface area contributed by atoms with E-state index in [0.717, 1.165) is 27.3 Å². The summed E-state index contributed by atoms with van der Waals surface area (Å²) in [6.45, 7) is 6.26. The van der Waals surface area contributed by atoms with Crippen LogP contribution in [0.15, 0.2) is 82.0 Å². The first-order valence-electron chi connectivity index (χ1n) is 12.0. The van der Waals surface area contributed by atoms with Crippen molar-refractivity contribution in [1.82, 2.24) is 4.98 Å². The van der Waals surface area contributed by atoms with Crippen LogP contribution in [0.3, 0.4) is 0 Å². The quantitative estimate of drug-likeness (QED) is 0.271. The molecule has 7 heteroatoms. The van der Waals surface area contributed by atoms with Crippen molar-refractivity contribution in [3.8, 4) is 5.75 Å². The number of hydrogen-bond donors (Lipinski definition) is 0. The molecule has 6 nitrogen and oxygen atoms in total. The number of fused-ring (bicyclic) bond motifs is 2. The third-order valence-corrected chi connectivity index (χ3v) is 7.77. The van der Waals surface area contributed by atoms with Crippen LogP contribution in [0.4, 0.5) is 5.13 Å². The van der Waals surface area contributed by atoms with E-state index in [1.54, 1.807) is 11.0 Å². The van der Waals surface area contributed by atoms with Crippen LogP contribution in [-0.2, 0) is 6.61 Å². The minimum Gasteiger partial charge on any atom is -0.489 e. The van der Waals surface area contributed by atoms with E-state index in [4.69, 9.17) is 9.15 Å². The fourth-order valence-electron chi connectivity index (χ4n) is 4.65. The summed E-state index contributed by atoms with van der Waals surface area (Å²) in [5.41, 5.74) is 4.20. The van der Waals surface area contributed by atoms with Gasteiger partial charge in [-0.05, 0) is 56.2 Å². The average molecular weight is 509 g/mol. The van der Waals surface area contributed by atoms with Crippen LogP contribution < -0.4 is 15.1 Å². The van der Waals surface area contributed by atoms with Crippen LogP contribution in [0.1, 0.15) is 49.4 Å². The molecule has 184 valence electrons.